The number of carbonyl (C=O) groups is 1. The molecule has 0 saturated heterocycles. The number of nitrogens with zero attached hydrogens (tertiary/aromatic N) is 2. The first-order chi connectivity index (χ1) is 12.7. The molecule has 4 nitrogen and oxygen atoms in total. The van der Waals surface area contributed by atoms with Crippen LogP contribution in [0.25, 0.3) is 11.1 Å². The molecule has 4 heteroatoms. The van der Waals surface area contributed by atoms with Gasteiger partial charge in [-0.1, -0.05) is 44.4 Å². The summed E-state index contributed by atoms with van der Waals surface area (Å²) >= 11 is 0. The lowest BCUT2D eigenvalue weighted by molar-refractivity contribution is -0.123. The first-order valence-electron chi connectivity index (χ1n) is 9.65. The van der Waals surface area contributed by atoms with Crippen LogP contribution in [-0.4, -0.2) is 24.5 Å². The van der Waals surface area contributed by atoms with Gasteiger partial charge in [0.1, 0.15) is 11.6 Å². The van der Waals surface area contributed by atoms with E-state index in [0.717, 1.165) is 54.8 Å². The van der Waals surface area contributed by atoms with E-state index in [1.165, 1.54) is 6.42 Å². The lowest BCUT2D eigenvalue weighted by atomic mass is 9.88. The van der Waals surface area contributed by atoms with E-state index in [-0.39, 0.29) is 11.8 Å². The molecule has 3 rings (SSSR count). The molecule has 1 saturated carbocycles. The number of para-hydroxylation sites is 1. The van der Waals surface area contributed by atoms with E-state index in [1.54, 1.807) is 13.3 Å². The molecule has 1 aromatic carbocycles. The Kier molecular flexibility index (Phi) is 6.26. The van der Waals surface area contributed by atoms with Crippen molar-refractivity contribution in [2.45, 2.75) is 45.4 Å². The molecule has 0 N–H and O–H groups in total. The molecule has 138 valence electrons. The predicted octanol–water partition coefficient (Wildman–Crippen LogP) is 5.08. The second-order valence-corrected chi connectivity index (χ2v) is 6.93. The van der Waals surface area contributed by atoms with Crippen molar-refractivity contribution in [2.75, 3.05) is 18.6 Å². The number of amides is 1. The third kappa shape index (κ3) is 4.06. The van der Waals surface area contributed by atoms with Gasteiger partial charge in [-0.15, -0.1) is 0 Å². The van der Waals surface area contributed by atoms with Gasteiger partial charge in [-0.25, -0.2) is 4.98 Å². The summed E-state index contributed by atoms with van der Waals surface area (Å²) in [4.78, 5) is 19.5. The number of rotatable bonds is 6. The largest absolute Gasteiger partial charge is 0.496 e. The molecular weight excluding hydrogens is 324 g/mol. The summed E-state index contributed by atoms with van der Waals surface area (Å²) in [5.74, 6) is 1.94. The highest BCUT2D eigenvalue weighted by Crippen LogP contribution is 2.32. The molecule has 2 aromatic rings. The molecule has 1 heterocycles. The number of anilines is 1. The van der Waals surface area contributed by atoms with Crippen LogP contribution in [0.3, 0.4) is 0 Å². The minimum atomic E-state index is 0.145. The maximum atomic E-state index is 13.1. The van der Waals surface area contributed by atoms with Crippen molar-refractivity contribution >= 4 is 11.7 Å². The van der Waals surface area contributed by atoms with Crippen molar-refractivity contribution in [2.24, 2.45) is 5.92 Å². The van der Waals surface area contributed by atoms with Gasteiger partial charge in [0, 0.05) is 24.2 Å². The molecule has 1 amide bonds. The third-order valence-electron chi connectivity index (χ3n) is 5.11. The van der Waals surface area contributed by atoms with E-state index in [1.807, 2.05) is 41.3 Å². The number of methoxy groups -OCH3 is 1. The SMILES string of the molecule is CCCN(C(=O)C1CCCCC1)c1cc(-c2ccccc2OC)ccn1. The Balaban J connectivity index is 1.91. The molecule has 0 aliphatic heterocycles. The maximum Gasteiger partial charge on any atom is 0.231 e. The molecular formula is C22H28N2O2. The van der Waals surface area contributed by atoms with Gasteiger partial charge in [0.05, 0.1) is 7.11 Å². The van der Waals surface area contributed by atoms with E-state index in [0.29, 0.717) is 6.54 Å². The van der Waals surface area contributed by atoms with Gasteiger partial charge in [-0.3, -0.25) is 9.69 Å². The summed E-state index contributed by atoms with van der Waals surface area (Å²) in [5, 5.41) is 0. The van der Waals surface area contributed by atoms with Crippen LogP contribution in [0.4, 0.5) is 5.82 Å². The topological polar surface area (TPSA) is 42.4 Å². The molecule has 26 heavy (non-hydrogen) atoms. The van der Waals surface area contributed by atoms with E-state index in [4.69, 9.17) is 4.74 Å². The van der Waals surface area contributed by atoms with Crippen molar-refractivity contribution in [3.63, 3.8) is 0 Å². The normalized spacial score (nSPS) is 14.8. The zero-order valence-corrected chi connectivity index (χ0v) is 15.8. The Morgan fingerprint density at radius 2 is 1.96 bits per heavy atom. The molecule has 0 unspecified atom stereocenters. The second kappa shape index (κ2) is 8.84. The van der Waals surface area contributed by atoms with Crippen LogP contribution in [0.15, 0.2) is 42.6 Å². The molecule has 0 atom stereocenters. The van der Waals surface area contributed by atoms with Crippen molar-refractivity contribution < 1.29 is 9.53 Å². The van der Waals surface area contributed by atoms with Gasteiger partial charge in [0.25, 0.3) is 0 Å². The summed E-state index contributed by atoms with van der Waals surface area (Å²) in [5.41, 5.74) is 2.03. The van der Waals surface area contributed by atoms with Gasteiger partial charge < -0.3 is 4.74 Å². The summed E-state index contributed by atoms with van der Waals surface area (Å²) in [6, 6.07) is 11.9. The fourth-order valence-electron chi connectivity index (χ4n) is 3.75. The molecule has 1 aliphatic carbocycles. The average Bonchev–Trinajstić information content (AvgIpc) is 2.72. The lowest BCUT2D eigenvalue weighted by Crippen LogP contribution is -2.38. The zero-order chi connectivity index (χ0) is 18.4. The van der Waals surface area contributed by atoms with Crippen LogP contribution < -0.4 is 9.64 Å². The summed E-state index contributed by atoms with van der Waals surface area (Å²) in [6.45, 7) is 2.81. The van der Waals surface area contributed by atoms with Crippen LogP contribution in [-0.2, 0) is 4.79 Å². The van der Waals surface area contributed by atoms with Gasteiger partial charge >= 0.3 is 0 Å². The highest BCUT2D eigenvalue weighted by molar-refractivity contribution is 5.94. The number of ether oxygens (including phenoxy) is 1. The minimum absolute atomic E-state index is 0.145. The number of aromatic nitrogens is 1. The number of benzene rings is 1. The molecule has 0 radical (unpaired) electrons. The second-order valence-electron chi connectivity index (χ2n) is 6.93. The summed E-state index contributed by atoms with van der Waals surface area (Å²) in [7, 11) is 1.68. The Hall–Kier alpha value is -2.36. The number of hydrogen-bond acceptors (Lipinski definition) is 3. The van der Waals surface area contributed by atoms with Crippen LogP contribution in [0, 0.1) is 5.92 Å². The van der Waals surface area contributed by atoms with Gasteiger partial charge in [0.15, 0.2) is 0 Å². The summed E-state index contributed by atoms with van der Waals surface area (Å²) in [6.07, 6.45) is 8.28. The first kappa shape index (κ1) is 18.4. The molecule has 1 aliphatic rings. The Bertz CT molecular complexity index is 738. The fourth-order valence-corrected chi connectivity index (χ4v) is 3.75. The zero-order valence-electron chi connectivity index (χ0n) is 15.8. The quantitative estimate of drug-likeness (QED) is 0.728. The minimum Gasteiger partial charge on any atom is -0.496 e. The third-order valence-corrected chi connectivity index (χ3v) is 5.11. The number of carbonyl (C=O) groups excluding carboxylic acids is 1. The Morgan fingerprint density at radius 1 is 1.19 bits per heavy atom. The fraction of sp³-hybridized carbons (Fsp3) is 0.455. The Morgan fingerprint density at radius 3 is 2.69 bits per heavy atom. The number of hydrogen-bond donors (Lipinski definition) is 0. The standard InChI is InChI=1S/C22H28N2O2/c1-3-15-24(22(25)17-9-5-4-6-10-17)21-16-18(13-14-23-21)19-11-7-8-12-20(19)26-2/h7-8,11-14,16-17H,3-6,9-10,15H2,1-2H3. The van der Waals surface area contributed by atoms with E-state index >= 15 is 0 Å². The van der Waals surface area contributed by atoms with Crippen molar-refractivity contribution in [1.82, 2.24) is 4.98 Å². The van der Waals surface area contributed by atoms with Gasteiger partial charge in [0.2, 0.25) is 5.91 Å². The summed E-state index contributed by atoms with van der Waals surface area (Å²) < 4.78 is 5.49. The van der Waals surface area contributed by atoms with E-state index in [2.05, 4.69) is 11.9 Å². The highest BCUT2D eigenvalue weighted by Gasteiger charge is 2.27. The van der Waals surface area contributed by atoms with Crippen molar-refractivity contribution in [3.05, 3.63) is 42.6 Å². The smallest absolute Gasteiger partial charge is 0.231 e. The van der Waals surface area contributed by atoms with Crippen LogP contribution in [0.5, 0.6) is 5.75 Å². The lowest BCUT2D eigenvalue weighted by Gasteiger charge is -2.28. The molecule has 1 aromatic heterocycles. The van der Waals surface area contributed by atoms with E-state index < -0.39 is 0 Å². The van der Waals surface area contributed by atoms with Gasteiger partial charge in [-0.2, -0.15) is 0 Å². The van der Waals surface area contributed by atoms with Crippen molar-refractivity contribution in [1.29, 1.82) is 0 Å². The van der Waals surface area contributed by atoms with Crippen LogP contribution in [0.2, 0.25) is 0 Å². The van der Waals surface area contributed by atoms with Crippen LogP contribution in [0.1, 0.15) is 45.4 Å². The number of pyridine rings is 1. The highest BCUT2D eigenvalue weighted by atomic mass is 16.5. The predicted molar refractivity (Wildman–Crippen MR) is 105 cm³/mol. The van der Waals surface area contributed by atoms with E-state index in [9.17, 15) is 4.79 Å². The molecule has 0 bridgehead atoms. The average molecular weight is 352 g/mol. The van der Waals surface area contributed by atoms with Crippen molar-refractivity contribution in [3.8, 4) is 16.9 Å². The van der Waals surface area contributed by atoms with Crippen LogP contribution >= 0.6 is 0 Å². The Labute approximate surface area is 156 Å². The van der Waals surface area contributed by atoms with Gasteiger partial charge in [-0.05, 0) is 43.0 Å². The maximum absolute atomic E-state index is 13.1. The monoisotopic (exact) mass is 352 g/mol. The first-order valence-corrected chi connectivity index (χ1v) is 9.65. The molecule has 0 spiro atoms. The molecule has 1 fully saturated rings.